The molecule has 0 aliphatic heterocycles. The van der Waals surface area contributed by atoms with Crippen molar-refractivity contribution in [2.24, 2.45) is 12.5 Å². The molecular formula is C16H18F2N2O2S. The van der Waals surface area contributed by atoms with Gasteiger partial charge in [0.25, 0.3) is 6.43 Å². The molecule has 23 heavy (non-hydrogen) atoms. The summed E-state index contributed by atoms with van der Waals surface area (Å²) < 4.78 is 29.2. The van der Waals surface area contributed by atoms with Crippen LogP contribution in [0.3, 0.4) is 0 Å². The van der Waals surface area contributed by atoms with Crippen molar-refractivity contribution >= 4 is 33.1 Å². The van der Waals surface area contributed by atoms with Crippen LogP contribution in [0.5, 0.6) is 0 Å². The number of benzene rings is 1. The molecule has 3 rings (SSSR count). The molecule has 1 aromatic carbocycles. The van der Waals surface area contributed by atoms with Gasteiger partial charge in [-0.3, -0.25) is 9.59 Å². The number of nitrogens with one attached hydrogen (secondary N) is 1. The standard InChI is InChI=1S/C16H18F2N2O2S/c1-9-7-11-12(23-15(22)20(11)2)8-10(9)19-14(21)16(13(17)18)5-3-4-6-16/h7-8,13H,3-6H2,1-2H3,(H,19,21). The van der Waals surface area contributed by atoms with Crippen molar-refractivity contribution in [2.75, 3.05) is 5.32 Å². The highest BCUT2D eigenvalue weighted by molar-refractivity contribution is 7.16. The summed E-state index contributed by atoms with van der Waals surface area (Å²) in [5.74, 6) is -0.615. The van der Waals surface area contributed by atoms with Gasteiger partial charge in [-0.25, -0.2) is 8.78 Å². The molecule has 0 atom stereocenters. The van der Waals surface area contributed by atoms with Crippen LogP contribution in [-0.2, 0) is 11.8 Å². The molecule has 0 unspecified atom stereocenters. The van der Waals surface area contributed by atoms with Gasteiger partial charge in [-0.05, 0) is 37.5 Å². The molecule has 0 radical (unpaired) electrons. The van der Waals surface area contributed by atoms with Gasteiger partial charge in [0.1, 0.15) is 5.41 Å². The van der Waals surface area contributed by atoms with Crippen molar-refractivity contribution in [1.82, 2.24) is 4.57 Å². The van der Waals surface area contributed by atoms with Gasteiger partial charge in [0.2, 0.25) is 5.91 Å². The molecular weight excluding hydrogens is 322 g/mol. The molecule has 1 N–H and O–H groups in total. The highest BCUT2D eigenvalue weighted by Crippen LogP contribution is 2.44. The molecule has 1 fully saturated rings. The highest BCUT2D eigenvalue weighted by atomic mass is 32.1. The average Bonchev–Trinajstić information content (AvgIpc) is 3.08. The van der Waals surface area contributed by atoms with E-state index in [1.807, 2.05) is 0 Å². The Labute approximate surface area is 136 Å². The van der Waals surface area contributed by atoms with Crippen LogP contribution >= 0.6 is 11.3 Å². The van der Waals surface area contributed by atoms with E-state index in [-0.39, 0.29) is 17.7 Å². The molecule has 1 aliphatic rings. The smallest absolute Gasteiger partial charge is 0.307 e. The van der Waals surface area contributed by atoms with Crippen molar-refractivity contribution in [3.05, 3.63) is 27.4 Å². The third kappa shape index (κ3) is 2.56. The average molecular weight is 340 g/mol. The first kappa shape index (κ1) is 16.1. The van der Waals surface area contributed by atoms with Crippen LogP contribution in [0.4, 0.5) is 14.5 Å². The quantitative estimate of drug-likeness (QED) is 0.927. The Kier molecular flexibility index (Phi) is 4.00. The SMILES string of the molecule is Cc1cc2c(cc1NC(=O)C1(C(F)F)CCCC1)sc(=O)n2C. The number of fused-ring (bicyclic) bond motifs is 1. The topological polar surface area (TPSA) is 51.1 Å². The zero-order valence-corrected chi connectivity index (χ0v) is 13.8. The van der Waals surface area contributed by atoms with Gasteiger partial charge in [-0.2, -0.15) is 0 Å². The maximum absolute atomic E-state index is 13.5. The number of rotatable bonds is 3. The van der Waals surface area contributed by atoms with Crippen LogP contribution < -0.4 is 10.2 Å². The molecule has 0 saturated heterocycles. The third-order valence-corrected chi connectivity index (χ3v) is 5.75. The number of carbonyl (C=O) groups excluding carboxylic acids is 1. The lowest BCUT2D eigenvalue weighted by Crippen LogP contribution is -2.40. The number of thiazole rings is 1. The number of nitrogens with zero attached hydrogens (tertiary/aromatic N) is 1. The molecule has 124 valence electrons. The summed E-state index contributed by atoms with van der Waals surface area (Å²) in [5.41, 5.74) is 0.448. The fourth-order valence-corrected chi connectivity index (χ4v) is 4.11. The molecule has 1 aliphatic carbocycles. The number of aryl methyl sites for hydroxylation is 2. The number of amides is 1. The number of hydrogen-bond acceptors (Lipinski definition) is 3. The second-order valence-corrected chi connectivity index (χ2v) is 7.17. The maximum Gasteiger partial charge on any atom is 0.307 e. The fourth-order valence-electron chi connectivity index (χ4n) is 3.21. The molecule has 1 aromatic heterocycles. The van der Waals surface area contributed by atoms with Crippen LogP contribution in [0.25, 0.3) is 10.2 Å². The predicted molar refractivity (Wildman–Crippen MR) is 87.3 cm³/mol. The van der Waals surface area contributed by atoms with E-state index >= 15 is 0 Å². The van der Waals surface area contributed by atoms with E-state index in [0.29, 0.717) is 18.5 Å². The summed E-state index contributed by atoms with van der Waals surface area (Å²) in [5, 5.41) is 2.67. The predicted octanol–water partition coefficient (Wildman–Crippen LogP) is 3.67. The van der Waals surface area contributed by atoms with Crippen LogP contribution in [0.15, 0.2) is 16.9 Å². The van der Waals surface area contributed by atoms with Crippen LogP contribution in [0, 0.1) is 12.3 Å². The van der Waals surface area contributed by atoms with Gasteiger partial charge >= 0.3 is 4.87 Å². The molecule has 1 heterocycles. The van der Waals surface area contributed by atoms with E-state index in [1.54, 1.807) is 26.1 Å². The van der Waals surface area contributed by atoms with E-state index in [9.17, 15) is 18.4 Å². The minimum atomic E-state index is -2.66. The van der Waals surface area contributed by atoms with Gasteiger partial charge in [-0.1, -0.05) is 24.2 Å². The minimum Gasteiger partial charge on any atom is -0.325 e. The summed E-state index contributed by atoms with van der Waals surface area (Å²) in [6.07, 6.45) is -0.930. The fraction of sp³-hybridized carbons (Fsp3) is 0.500. The number of carbonyl (C=O) groups is 1. The van der Waals surface area contributed by atoms with E-state index in [0.717, 1.165) is 27.1 Å². The Hall–Kier alpha value is -1.76. The Balaban J connectivity index is 1.96. The molecule has 2 aromatic rings. The zero-order chi connectivity index (χ0) is 16.8. The lowest BCUT2D eigenvalue weighted by Gasteiger charge is -2.27. The van der Waals surface area contributed by atoms with Gasteiger partial charge in [-0.15, -0.1) is 0 Å². The van der Waals surface area contributed by atoms with Crippen molar-refractivity contribution in [3.63, 3.8) is 0 Å². The number of aromatic nitrogens is 1. The lowest BCUT2D eigenvalue weighted by atomic mass is 9.85. The van der Waals surface area contributed by atoms with Crippen molar-refractivity contribution in [1.29, 1.82) is 0 Å². The summed E-state index contributed by atoms with van der Waals surface area (Å²) in [6.45, 7) is 1.79. The summed E-state index contributed by atoms with van der Waals surface area (Å²) >= 11 is 1.07. The molecule has 7 heteroatoms. The molecule has 1 saturated carbocycles. The number of halogens is 2. The summed E-state index contributed by atoms with van der Waals surface area (Å²) in [7, 11) is 1.68. The zero-order valence-electron chi connectivity index (χ0n) is 13.0. The first-order valence-electron chi connectivity index (χ1n) is 7.55. The first-order valence-corrected chi connectivity index (χ1v) is 8.36. The molecule has 0 spiro atoms. The van der Waals surface area contributed by atoms with Gasteiger partial charge in [0.05, 0.1) is 10.2 Å². The van der Waals surface area contributed by atoms with Crippen LogP contribution in [0.1, 0.15) is 31.2 Å². The highest BCUT2D eigenvalue weighted by Gasteiger charge is 2.49. The van der Waals surface area contributed by atoms with E-state index < -0.39 is 17.7 Å². The van der Waals surface area contributed by atoms with E-state index in [1.165, 1.54) is 4.57 Å². The maximum atomic E-state index is 13.5. The normalized spacial score (nSPS) is 17.1. The van der Waals surface area contributed by atoms with Gasteiger partial charge in [0, 0.05) is 12.7 Å². The van der Waals surface area contributed by atoms with Crippen molar-refractivity contribution in [3.8, 4) is 0 Å². The number of anilines is 1. The minimum absolute atomic E-state index is 0.0947. The van der Waals surface area contributed by atoms with Crippen molar-refractivity contribution in [2.45, 2.75) is 39.0 Å². The molecule has 1 amide bonds. The largest absolute Gasteiger partial charge is 0.325 e. The van der Waals surface area contributed by atoms with Gasteiger partial charge in [0.15, 0.2) is 0 Å². The summed E-state index contributed by atoms with van der Waals surface area (Å²) in [4.78, 5) is 24.1. The number of alkyl halides is 2. The first-order chi connectivity index (χ1) is 10.8. The third-order valence-electron chi connectivity index (χ3n) is 4.75. The lowest BCUT2D eigenvalue weighted by molar-refractivity contribution is -0.134. The Morgan fingerprint density at radius 3 is 2.61 bits per heavy atom. The second kappa shape index (κ2) is 5.70. The molecule has 0 bridgehead atoms. The Morgan fingerprint density at radius 1 is 1.35 bits per heavy atom. The van der Waals surface area contributed by atoms with Gasteiger partial charge < -0.3 is 9.88 Å². The Bertz CT molecular complexity index is 819. The monoisotopic (exact) mass is 340 g/mol. The summed E-state index contributed by atoms with van der Waals surface area (Å²) in [6, 6.07) is 3.50. The van der Waals surface area contributed by atoms with Crippen LogP contribution in [-0.4, -0.2) is 16.9 Å². The number of hydrogen-bond donors (Lipinski definition) is 1. The van der Waals surface area contributed by atoms with E-state index in [2.05, 4.69) is 5.32 Å². The van der Waals surface area contributed by atoms with Crippen molar-refractivity contribution < 1.29 is 13.6 Å². The second-order valence-electron chi connectivity index (χ2n) is 6.18. The van der Waals surface area contributed by atoms with E-state index in [4.69, 9.17) is 0 Å². The van der Waals surface area contributed by atoms with Crippen LogP contribution in [0.2, 0.25) is 0 Å². The Morgan fingerprint density at radius 2 is 2.00 bits per heavy atom. The molecule has 4 nitrogen and oxygen atoms in total.